The maximum Gasteiger partial charge on any atom is 0.215 e. The largest absolute Gasteiger partial charge is 0.313 e. The average Bonchev–Trinajstić information content (AvgIpc) is 3.11. The number of sulfonamides is 1. The number of nitrogens with one attached hydrogen (secondary N) is 2. The van der Waals surface area contributed by atoms with Crippen molar-refractivity contribution in [2.24, 2.45) is 0 Å². The minimum absolute atomic E-state index is 0.114. The Hall–Kier alpha value is -0.980. The summed E-state index contributed by atoms with van der Waals surface area (Å²) in [6, 6.07) is 6.07. The molecule has 4 nitrogen and oxygen atoms in total. The summed E-state index contributed by atoms with van der Waals surface area (Å²) in [5.41, 5.74) is 0.582. The summed E-state index contributed by atoms with van der Waals surface area (Å²) in [5, 5.41) is 3.22. The number of rotatable bonds is 7. The van der Waals surface area contributed by atoms with Crippen LogP contribution in [-0.4, -0.2) is 27.5 Å². The van der Waals surface area contributed by atoms with Crippen molar-refractivity contribution in [3.05, 3.63) is 35.6 Å². The molecule has 1 aromatic carbocycles. The van der Waals surface area contributed by atoms with Gasteiger partial charge in [0, 0.05) is 19.1 Å². The van der Waals surface area contributed by atoms with Gasteiger partial charge in [0.05, 0.1) is 5.75 Å². The second-order valence-electron chi connectivity index (χ2n) is 4.51. The highest BCUT2D eigenvalue weighted by Gasteiger charge is 2.20. The van der Waals surface area contributed by atoms with Gasteiger partial charge in [-0.25, -0.2) is 17.5 Å². The van der Waals surface area contributed by atoms with Gasteiger partial charge in [0.1, 0.15) is 5.82 Å². The zero-order valence-electron chi connectivity index (χ0n) is 10.0. The van der Waals surface area contributed by atoms with Gasteiger partial charge in [-0.3, -0.25) is 0 Å². The fourth-order valence-corrected chi connectivity index (χ4v) is 2.77. The Labute approximate surface area is 107 Å². The topological polar surface area (TPSA) is 58.2 Å². The molecule has 1 aromatic rings. The van der Waals surface area contributed by atoms with Crippen LogP contribution >= 0.6 is 0 Å². The van der Waals surface area contributed by atoms with Crippen molar-refractivity contribution >= 4 is 10.0 Å². The molecule has 0 aliphatic heterocycles. The Morgan fingerprint density at radius 3 is 2.44 bits per heavy atom. The lowest BCUT2D eigenvalue weighted by molar-refractivity contribution is 0.574. The molecule has 100 valence electrons. The third-order valence-electron chi connectivity index (χ3n) is 2.73. The lowest BCUT2D eigenvalue weighted by Gasteiger charge is -2.07. The monoisotopic (exact) mass is 272 g/mol. The molecule has 0 heterocycles. The molecular weight excluding hydrogens is 255 g/mol. The first kappa shape index (κ1) is 13.5. The van der Waals surface area contributed by atoms with Crippen molar-refractivity contribution in [1.82, 2.24) is 10.0 Å². The number of halogens is 1. The van der Waals surface area contributed by atoms with Crippen LogP contribution in [0.5, 0.6) is 0 Å². The minimum Gasteiger partial charge on any atom is -0.313 e. The molecule has 1 saturated carbocycles. The van der Waals surface area contributed by atoms with E-state index in [9.17, 15) is 12.8 Å². The van der Waals surface area contributed by atoms with Crippen LogP contribution in [-0.2, 0) is 15.8 Å². The molecule has 6 heteroatoms. The fraction of sp³-hybridized carbons (Fsp3) is 0.500. The van der Waals surface area contributed by atoms with E-state index in [1.54, 1.807) is 0 Å². The van der Waals surface area contributed by atoms with E-state index in [4.69, 9.17) is 0 Å². The van der Waals surface area contributed by atoms with Gasteiger partial charge in [-0.2, -0.15) is 0 Å². The van der Waals surface area contributed by atoms with Crippen molar-refractivity contribution in [1.29, 1.82) is 0 Å². The molecule has 0 saturated heterocycles. The van der Waals surface area contributed by atoms with E-state index in [0.717, 1.165) is 0 Å². The summed E-state index contributed by atoms with van der Waals surface area (Å²) in [7, 11) is -3.34. The summed E-state index contributed by atoms with van der Waals surface area (Å²) in [6.45, 7) is 1.04. The molecule has 0 unspecified atom stereocenters. The predicted molar refractivity (Wildman–Crippen MR) is 68.1 cm³/mol. The van der Waals surface area contributed by atoms with Gasteiger partial charge >= 0.3 is 0 Å². The number of hydrogen-bond acceptors (Lipinski definition) is 3. The highest BCUT2D eigenvalue weighted by Crippen LogP contribution is 2.17. The van der Waals surface area contributed by atoms with E-state index in [0.29, 0.717) is 24.7 Å². The number of hydrogen-bond donors (Lipinski definition) is 2. The summed E-state index contributed by atoms with van der Waals surface area (Å²) >= 11 is 0. The molecule has 0 aromatic heterocycles. The fourth-order valence-electron chi connectivity index (χ4n) is 1.62. The summed E-state index contributed by atoms with van der Waals surface area (Å²) in [4.78, 5) is 0. The smallest absolute Gasteiger partial charge is 0.215 e. The van der Waals surface area contributed by atoms with Crippen molar-refractivity contribution in [2.45, 2.75) is 24.6 Å². The van der Waals surface area contributed by atoms with Crippen molar-refractivity contribution in [3.63, 3.8) is 0 Å². The first-order chi connectivity index (χ1) is 8.55. The Kier molecular flexibility index (Phi) is 4.31. The molecule has 1 fully saturated rings. The first-order valence-electron chi connectivity index (χ1n) is 6.00. The SMILES string of the molecule is O=S(=O)(Cc1ccc(F)cc1)NCCNC1CC1. The van der Waals surface area contributed by atoms with Gasteiger partial charge in [-0.1, -0.05) is 12.1 Å². The lowest BCUT2D eigenvalue weighted by Crippen LogP contribution is -2.33. The van der Waals surface area contributed by atoms with Gasteiger partial charge < -0.3 is 5.32 Å². The summed E-state index contributed by atoms with van der Waals surface area (Å²) < 4.78 is 38.6. The molecule has 2 rings (SSSR count). The van der Waals surface area contributed by atoms with Crippen LogP contribution in [0.25, 0.3) is 0 Å². The van der Waals surface area contributed by atoms with Crippen molar-refractivity contribution < 1.29 is 12.8 Å². The van der Waals surface area contributed by atoms with E-state index in [1.807, 2.05) is 0 Å². The van der Waals surface area contributed by atoms with Crippen LogP contribution in [0.15, 0.2) is 24.3 Å². The van der Waals surface area contributed by atoms with E-state index in [1.165, 1.54) is 37.1 Å². The molecule has 0 amide bonds. The van der Waals surface area contributed by atoms with Crippen LogP contribution in [0, 0.1) is 5.82 Å². The molecule has 1 aliphatic carbocycles. The standard InChI is InChI=1S/C12H17FN2O2S/c13-11-3-1-10(2-4-11)9-18(16,17)15-8-7-14-12-5-6-12/h1-4,12,14-15H,5-9H2. The second-order valence-corrected chi connectivity index (χ2v) is 6.32. The van der Waals surface area contributed by atoms with E-state index < -0.39 is 10.0 Å². The van der Waals surface area contributed by atoms with Crippen LogP contribution in [0.2, 0.25) is 0 Å². The van der Waals surface area contributed by atoms with Crippen LogP contribution < -0.4 is 10.0 Å². The summed E-state index contributed by atoms with van der Waals surface area (Å²) in [5.74, 6) is -0.478. The summed E-state index contributed by atoms with van der Waals surface area (Å²) in [6.07, 6.45) is 2.37. The zero-order chi connectivity index (χ0) is 13.0. The second kappa shape index (κ2) is 5.77. The van der Waals surface area contributed by atoms with Crippen LogP contribution in [0.4, 0.5) is 4.39 Å². The van der Waals surface area contributed by atoms with E-state index in [-0.39, 0.29) is 11.6 Å². The molecule has 2 N–H and O–H groups in total. The molecule has 0 atom stereocenters. The Morgan fingerprint density at radius 2 is 1.83 bits per heavy atom. The van der Waals surface area contributed by atoms with Gasteiger partial charge in [-0.15, -0.1) is 0 Å². The number of benzene rings is 1. The molecule has 0 spiro atoms. The highest BCUT2D eigenvalue weighted by molar-refractivity contribution is 7.88. The molecule has 0 radical (unpaired) electrons. The predicted octanol–water partition coefficient (Wildman–Crippen LogP) is 0.997. The van der Waals surface area contributed by atoms with Gasteiger partial charge in [0.25, 0.3) is 0 Å². The highest BCUT2D eigenvalue weighted by atomic mass is 32.2. The lowest BCUT2D eigenvalue weighted by atomic mass is 10.2. The maximum absolute atomic E-state index is 12.7. The van der Waals surface area contributed by atoms with E-state index in [2.05, 4.69) is 10.0 Å². The third-order valence-corrected chi connectivity index (χ3v) is 4.08. The van der Waals surface area contributed by atoms with Gasteiger partial charge in [0.15, 0.2) is 0 Å². The molecule has 18 heavy (non-hydrogen) atoms. The Morgan fingerprint density at radius 1 is 1.17 bits per heavy atom. The molecule has 0 bridgehead atoms. The van der Waals surface area contributed by atoms with E-state index >= 15 is 0 Å². The average molecular weight is 272 g/mol. The van der Waals surface area contributed by atoms with Gasteiger partial charge in [-0.05, 0) is 30.5 Å². The van der Waals surface area contributed by atoms with Gasteiger partial charge in [0.2, 0.25) is 10.0 Å². The Bertz CT molecular complexity index is 483. The molecule has 1 aliphatic rings. The van der Waals surface area contributed by atoms with Crippen LogP contribution in [0.3, 0.4) is 0 Å². The normalized spacial score (nSPS) is 15.8. The zero-order valence-corrected chi connectivity index (χ0v) is 10.8. The molecular formula is C12H17FN2O2S. The van der Waals surface area contributed by atoms with Crippen LogP contribution in [0.1, 0.15) is 18.4 Å². The first-order valence-corrected chi connectivity index (χ1v) is 7.65. The van der Waals surface area contributed by atoms with Crippen molar-refractivity contribution in [3.8, 4) is 0 Å². The third kappa shape index (κ3) is 4.72. The Balaban J connectivity index is 1.76. The quantitative estimate of drug-likeness (QED) is 0.728. The maximum atomic E-state index is 12.7. The van der Waals surface area contributed by atoms with Crippen molar-refractivity contribution in [2.75, 3.05) is 13.1 Å². The minimum atomic E-state index is -3.34.